The summed E-state index contributed by atoms with van der Waals surface area (Å²) in [5.74, 6) is -0.234. The third-order valence-corrected chi connectivity index (χ3v) is 5.83. The highest BCUT2D eigenvalue weighted by Gasteiger charge is 2.41. The van der Waals surface area contributed by atoms with Crippen LogP contribution in [-0.4, -0.2) is 73.5 Å². The molecule has 1 atom stereocenters. The molecule has 0 radical (unpaired) electrons. The molecule has 0 saturated carbocycles. The number of carbonyl (C=O) groups is 3. The average Bonchev–Trinajstić information content (AvgIpc) is 2.70. The van der Waals surface area contributed by atoms with Crippen LogP contribution in [0, 0.1) is 5.41 Å². The van der Waals surface area contributed by atoms with E-state index in [0.717, 1.165) is 19.4 Å². The van der Waals surface area contributed by atoms with Crippen molar-refractivity contribution in [2.45, 2.75) is 26.7 Å². The van der Waals surface area contributed by atoms with Gasteiger partial charge in [-0.05, 0) is 44.5 Å². The van der Waals surface area contributed by atoms with Crippen molar-refractivity contribution in [3.8, 4) is 0 Å². The van der Waals surface area contributed by atoms with Crippen molar-refractivity contribution in [1.82, 2.24) is 9.80 Å². The average molecular weight is 437 g/mol. The Labute approximate surface area is 181 Å². The zero-order chi connectivity index (χ0) is 21.7. The molecule has 3 rings (SSSR count). The third kappa shape index (κ3) is 5.71. The van der Waals surface area contributed by atoms with E-state index < -0.39 is 5.41 Å². The Hall–Kier alpha value is -2.16. The third-order valence-electron chi connectivity index (χ3n) is 5.52. The highest BCUT2D eigenvalue weighted by molar-refractivity contribution is 6.34. The maximum Gasteiger partial charge on any atom is 0.238 e. The molecule has 0 bridgehead atoms. The summed E-state index contributed by atoms with van der Waals surface area (Å²) in [6.45, 7) is 7.33. The van der Waals surface area contributed by atoms with Gasteiger partial charge in [-0.2, -0.15) is 0 Å². The fraction of sp³-hybridized carbons (Fsp3) is 0.571. The van der Waals surface area contributed by atoms with Crippen LogP contribution in [0.2, 0.25) is 5.02 Å². The van der Waals surface area contributed by atoms with Gasteiger partial charge in [0.25, 0.3) is 0 Å². The van der Waals surface area contributed by atoms with Crippen molar-refractivity contribution in [1.29, 1.82) is 0 Å². The first-order valence-corrected chi connectivity index (χ1v) is 10.6. The Bertz CT molecular complexity index is 812. The number of ether oxygens (including phenoxy) is 1. The van der Waals surface area contributed by atoms with Crippen LogP contribution in [0.25, 0.3) is 0 Å². The lowest BCUT2D eigenvalue weighted by atomic mass is 9.80. The van der Waals surface area contributed by atoms with Crippen molar-refractivity contribution in [2.24, 2.45) is 5.41 Å². The van der Waals surface area contributed by atoms with Gasteiger partial charge < -0.3 is 20.3 Å². The molecular weight excluding hydrogens is 408 g/mol. The van der Waals surface area contributed by atoms with Crippen LogP contribution >= 0.6 is 11.6 Å². The number of nitrogens with zero attached hydrogens (tertiary/aromatic N) is 2. The maximum absolute atomic E-state index is 13.0. The van der Waals surface area contributed by atoms with E-state index in [-0.39, 0.29) is 24.3 Å². The molecule has 9 heteroatoms. The van der Waals surface area contributed by atoms with E-state index in [2.05, 4.69) is 10.6 Å². The normalized spacial score (nSPS) is 22.4. The molecule has 2 aliphatic rings. The maximum atomic E-state index is 13.0. The number of morpholine rings is 1. The summed E-state index contributed by atoms with van der Waals surface area (Å²) in [4.78, 5) is 40.7. The summed E-state index contributed by atoms with van der Waals surface area (Å²) in [5, 5.41) is 5.82. The van der Waals surface area contributed by atoms with Crippen LogP contribution in [0.1, 0.15) is 26.7 Å². The van der Waals surface area contributed by atoms with E-state index >= 15 is 0 Å². The Kier molecular flexibility index (Phi) is 7.33. The Morgan fingerprint density at radius 1 is 1.17 bits per heavy atom. The lowest BCUT2D eigenvalue weighted by Crippen LogP contribution is -2.54. The van der Waals surface area contributed by atoms with Crippen molar-refractivity contribution in [3.05, 3.63) is 23.2 Å². The Morgan fingerprint density at radius 2 is 1.90 bits per heavy atom. The molecule has 0 aromatic heterocycles. The van der Waals surface area contributed by atoms with Gasteiger partial charge in [0, 0.05) is 32.2 Å². The number of hydrogen-bond donors (Lipinski definition) is 2. The summed E-state index contributed by atoms with van der Waals surface area (Å²) in [6, 6.07) is 4.94. The van der Waals surface area contributed by atoms with Crippen LogP contribution in [0.4, 0.5) is 11.4 Å². The van der Waals surface area contributed by atoms with Gasteiger partial charge in [0.2, 0.25) is 17.7 Å². The first-order chi connectivity index (χ1) is 14.3. The number of carbonyl (C=O) groups excluding carboxylic acids is 3. The minimum atomic E-state index is -0.493. The van der Waals surface area contributed by atoms with Crippen LogP contribution in [0.3, 0.4) is 0 Å². The molecule has 2 saturated heterocycles. The second-order valence-electron chi connectivity index (χ2n) is 8.20. The molecule has 1 aromatic carbocycles. The smallest absolute Gasteiger partial charge is 0.238 e. The number of nitrogens with one attached hydrogen (secondary N) is 2. The van der Waals surface area contributed by atoms with Gasteiger partial charge in [-0.15, -0.1) is 0 Å². The lowest BCUT2D eigenvalue weighted by Gasteiger charge is -2.42. The van der Waals surface area contributed by atoms with Crippen molar-refractivity contribution >= 4 is 40.7 Å². The van der Waals surface area contributed by atoms with E-state index in [9.17, 15) is 14.4 Å². The van der Waals surface area contributed by atoms with Gasteiger partial charge in [0.1, 0.15) is 0 Å². The SMILES string of the molecule is CC(=O)Nc1ccc(NC(=O)CN2CCC[C@@](C)(C(=O)N3CCOCC3)C2)c(Cl)c1. The number of halogens is 1. The van der Waals surface area contributed by atoms with E-state index in [4.69, 9.17) is 16.3 Å². The fourth-order valence-electron chi connectivity index (χ4n) is 4.09. The molecule has 0 unspecified atom stereocenters. The molecule has 3 amide bonds. The van der Waals surface area contributed by atoms with E-state index in [1.54, 1.807) is 18.2 Å². The van der Waals surface area contributed by atoms with E-state index in [1.807, 2.05) is 16.7 Å². The van der Waals surface area contributed by atoms with Gasteiger partial charge in [-0.3, -0.25) is 19.3 Å². The molecule has 2 aliphatic heterocycles. The molecule has 1 aromatic rings. The molecule has 30 heavy (non-hydrogen) atoms. The summed E-state index contributed by atoms with van der Waals surface area (Å²) in [7, 11) is 0. The molecular formula is C21H29ClN4O4. The van der Waals surface area contributed by atoms with Gasteiger partial charge in [0.05, 0.1) is 35.9 Å². The topological polar surface area (TPSA) is 91.0 Å². The van der Waals surface area contributed by atoms with Crippen molar-refractivity contribution in [3.63, 3.8) is 0 Å². The molecule has 8 nitrogen and oxygen atoms in total. The monoisotopic (exact) mass is 436 g/mol. The lowest BCUT2D eigenvalue weighted by molar-refractivity contribution is -0.149. The first kappa shape index (κ1) is 22.5. The zero-order valence-electron chi connectivity index (χ0n) is 17.5. The molecule has 0 aliphatic carbocycles. The standard InChI is InChI=1S/C21H29ClN4O4/c1-15(27)23-16-4-5-18(17(22)12-16)24-19(28)13-25-7-3-6-21(2,14-25)20(29)26-8-10-30-11-9-26/h4-5,12H,3,6-11,13-14H2,1-2H3,(H,23,27)(H,24,28)/t21-/m1/s1. The molecule has 2 fully saturated rings. The number of rotatable bonds is 5. The van der Waals surface area contributed by atoms with Crippen LogP contribution in [0.5, 0.6) is 0 Å². The summed E-state index contributed by atoms with van der Waals surface area (Å²) in [5.41, 5.74) is 0.562. The molecule has 2 N–H and O–H groups in total. The number of anilines is 2. The Morgan fingerprint density at radius 3 is 2.57 bits per heavy atom. The number of likely N-dealkylation sites (tertiary alicyclic amines) is 1. The van der Waals surface area contributed by atoms with Gasteiger partial charge >= 0.3 is 0 Å². The fourth-order valence-corrected chi connectivity index (χ4v) is 4.32. The second-order valence-corrected chi connectivity index (χ2v) is 8.61. The minimum Gasteiger partial charge on any atom is -0.378 e. The zero-order valence-corrected chi connectivity index (χ0v) is 18.3. The van der Waals surface area contributed by atoms with Crippen molar-refractivity contribution < 1.29 is 19.1 Å². The van der Waals surface area contributed by atoms with Gasteiger partial charge in [-0.1, -0.05) is 11.6 Å². The molecule has 0 spiro atoms. The van der Waals surface area contributed by atoms with Crippen LogP contribution in [0.15, 0.2) is 18.2 Å². The highest BCUT2D eigenvalue weighted by Crippen LogP contribution is 2.32. The van der Waals surface area contributed by atoms with E-state index in [1.165, 1.54) is 6.92 Å². The predicted octanol–water partition coefficient (Wildman–Crippen LogP) is 2.20. The molecule has 164 valence electrons. The highest BCUT2D eigenvalue weighted by atomic mass is 35.5. The van der Waals surface area contributed by atoms with Gasteiger partial charge in [-0.25, -0.2) is 0 Å². The van der Waals surface area contributed by atoms with Crippen LogP contribution < -0.4 is 10.6 Å². The molecule has 2 heterocycles. The summed E-state index contributed by atoms with van der Waals surface area (Å²) < 4.78 is 5.35. The van der Waals surface area contributed by atoms with E-state index in [0.29, 0.717) is 49.2 Å². The first-order valence-electron chi connectivity index (χ1n) is 10.2. The minimum absolute atomic E-state index is 0.146. The number of hydrogen-bond acceptors (Lipinski definition) is 5. The quantitative estimate of drug-likeness (QED) is 0.738. The number of benzene rings is 1. The van der Waals surface area contributed by atoms with Crippen molar-refractivity contribution in [2.75, 3.05) is 56.6 Å². The Balaban J connectivity index is 1.57. The number of amides is 3. The predicted molar refractivity (Wildman–Crippen MR) is 116 cm³/mol. The van der Waals surface area contributed by atoms with Gasteiger partial charge in [0.15, 0.2) is 0 Å². The van der Waals surface area contributed by atoms with Crippen LogP contribution in [-0.2, 0) is 19.1 Å². The summed E-state index contributed by atoms with van der Waals surface area (Å²) in [6.07, 6.45) is 1.68. The summed E-state index contributed by atoms with van der Waals surface area (Å²) >= 11 is 6.23. The second kappa shape index (κ2) is 9.76. The largest absolute Gasteiger partial charge is 0.378 e. The number of piperidine rings is 1.